The normalized spacial score (nSPS) is 17.1. The van der Waals surface area contributed by atoms with Crippen LogP contribution in [0.15, 0.2) is 24.3 Å². The molecule has 4 heteroatoms. The van der Waals surface area contributed by atoms with Crippen molar-refractivity contribution in [2.24, 2.45) is 5.73 Å². The summed E-state index contributed by atoms with van der Waals surface area (Å²) >= 11 is 0. The number of hydrogen-bond donors (Lipinski definition) is 1. The van der Waals surface area contributed by atoms with Crippen molar-refractivity contribution in [2.45, 2.75) is 51.1 Å². The van der Waals surface area contributed by atoms with Crippen molar-refractivity contribution in [3.63, 3.8) is 0 Å². The van der Waals surface area contributed by atoms with Crippen LogP contribution >= 0.6 is 0 Å². The zero-order valence-corrected chi connectivity index (χ0v) is 12.0. The fraction of sp³-hybridized carbons (Fsp3) is 0.562. The third kappa shape index (κ3) is 3.79. The molecule has 0 aliphatic heterocycles. The molecule has 1 aliphatic carbocycles. The standard InChI is InChI=1S/C16H23FN2O/c1-12(18)16(20)19(15-4-2-3-5-15)11-10-13-6-8-14(17)9-7-13/h6-9,12,15H,2-5,10-11,18H2,1H3/t12-/m1/s1. The molecule has 0 aromatic heterocycles. The van der Waals surface area contributed by atoms with Crippen LogP contribution in [0.25, 0.3) is 0 Å². The number of amides is 1. The molecule has 1 fully saturated rings. The number of rotatable bonds is 5. The summed E-state index contributed by atoms with van der Waals surface area (Å²) in [6.45, 7) is 2.40. The quantitative estimate of drug-likeness (QED) is 0.899. The monoisotopic (exact) mass is 278 g/mol. The summed E-state index contributed by atoms with van der Waals surface area (Å²) in [5.74, 6) is -0.202. The predicted molar refractivity (Wildman–Crippen MR) is 77.7 cm³/mol. The van der Waals surface area contributed by atoms with Crippen LogP contribution in [-0.4, -0.2) is 29.4 Å². The molecule has 1 atom stereocenters. The molecule has 0 saturated heterocycles. The first-order valence-corrected chi connectivity index (χ1v) is 7.38. The summed E-state index contributed by atoms with van der Waals surface area (Å²) in [7, 11) is 0. The lowest BCUT2D eigenvalue weighted by atomic mass is 10.1. The largest absolute Gasteiger partial charge is 0.338 e. The van der Waals surface area contributed by atoms with Crippen LogP contribution in [0.5, 0.6) is 0 Å². The van der Waals surface area contributed by atoms with Gasteiger partial charge >= 0.3 is 0 Å². The summed E-state index contributed by atoms with van der Waals surface area (Å²) < 4.78 is 12.9. The second-order valence-corrected chi connectivity index (χ2v) is 5.64. The van der Waals surface area contributed by atoms with Crippen LogP contribution < -0.4 is 5.73 Å². The highest BCUT2D eigenvalue weighted by Gasteiger charge is 2.27. The van der Waals surface area contributed by atoms with Gasteiger partial charge in [-0.1, -0.05) is 25.0 Å². The molecular weight excluding hydrogens is 255 g/mol. The molecule has 20 heavy (non-hydrogen) atoms. The maximum absolute atomic E-state index is 12.9. The van der Waals surface area contributed by atoms with Gasteiger partial charge in [-0.25, -0.2) is 4.39 Å². The molecule has 1 aromatic rings. The number of nitrogens with two attached hydrogens (primary N) is 1. The molecule has 1 aliphatic rings. The van der Waals surface area contributed by atoms with Crippen molar-refractivity contribution in [2.75, 3.05) is 6.54 Å². The Morgan fingerprint density at radius 2 is 1.95 bits per heavy atom. The molecule has 1 saturated carbocycles. The van der Waals surface area contributed by atoms with E-state index in [0.717, 1.165) is 24.8 Å². The first-order valence-electron chi connectivity index (χ1n) is 7.38. The van der Waals surface area contributed by atoms with Crippen LogP contribution in [0, 0.1) is 5.82 Å². The second-order valence-electron chi connectivity index (χ2n) is 5.64. The Kier molecular flexibility index (Phi) is 5.12. The summed E-state index contributed by atoms with van der Waals surface area (Å²) in [6.07, 6.45) is 5.26. The average Bonchev–Trinajstić information content (AvgIpc) is 2.94. The number of benzene rings is 1. The highest BCUT2D eigenvalue weighted by molar-refractivity contribution is 5.81. The predicted octanol–water partition coefficient (Wildman–Crippen LogP) is 2.49. The van der Waals surface area contributed by atoms with E-state index in [1.807, 2.05) is 4.90 Å². The van der Waals surface area contributed by atoms with E-state index in [1.165, 1.54) is 25.0 Å². The Morgan fingerprint density at radius 1 is 1.35 bits per heavy atom. The van der Waals surface area contributed by atoms with E-state index in [4.69, 9.17) is 5.73 Å². The molecule has 0 spiro atoms. The fourth-order valence-corrected chi connectivity index (χ4v) is 2.85. The van der Waals surface area contributed by atoms with Gasteiger partial charge in [-0.15, -0.1) is 0 Å². The number of halogens is 1. The molecule has 0 bridgehead atoms. The molecule has 1 aromatic carbocycles. The highest BCUT2D eigenvalue weighted by atomic mass is 19.1. The van der Waals surface area contributed by atoms with Crippen molar-refractivity contribution in [3.8, 4) is 0 Å². The maximum atomic E-state index is 12.9. The van der Waals surface area contributed by atoms with Crippen LogP contribution in [-0.2, 0) is 11.2 Å². The van der Waals surface area contributed by atoms with Gasteiger partial charge in [0.2, 0.25) is 5.91 Å². The van der Waals surface area contributed by atoms with E-state index in [9.17, 15) is 9.18 Å². The van der Waals surface area contributed by atoms with E-state index in [-0.39, 0.29) is 11.7 Å². The highest BCUT2D eigenvalue weighted by Crippen LogP contribution is 2.24. The van der Waals surface area contributed by atoms with Crippen molar-refractivity contribution in [1.29, 1.82) is 0 Å². The van der Waals surface area contributed by atoms with E-state index in [1.54, 1.807) is 19.1 Å². The fourth-order valence-electron chi connectivity index (χ4n) is 2.85. The van der Waals surface area contributed by atoms with Gasteiger partial charge < -0.3 is 10.6 Å². The Morgan fingerprint density at radius 3 is 2.50 bits per heavy atom. The Labute approximate surface area is 120 Å². The second kappa shape index (κ2) is 6.84. The third-order valence-electron chi connectivity index (χ3n) is 3.99. The van der Waals surface area contributed by atoms with Gasteiger partial charge in [0.25, 0.3) is 0 Å². The Balaban J connectivity index is 1.99. The smallest absolute Gasteiger partial charge is 0.239 e. The molecular formula is C16H23FN2O. The van der Waals surface area contributed by atoms with Gasteiger partial charge in [0.15, 0.2) is 0 Å². The minimum atomic E-state index is -0.455. The summed E-state index contributed by atoms with van der Waals surface area (Å²) in [4.78, 5) is 14.2. The molecule has 0 unspecified atom stereocenters. The van der Waals surface area contributed by atoms with Crippen LogP contribution in [0.2, 0.25) is 0 Å². The lowest BCUT2D eigenvalue weighted by Gasteiger charge is -2.30. The maximum Gasteiger partial charge on any atom is 0.239 e. The van der Waals surface area contributed by atoms with Crippen molar-refractivity contribution >= 4 is 5.91 Å². The van der Waals surface area contributed by atoms with Crippen LogP contribution in [0.1, 0.15) is 38.2 Å². The summed E-state index contributed by atoms with van der Waals surface area (Å²) in [5.41, 5.74) is 6.80. The minimum absolute atomic E-state index is 0.0269. The zero-order chi connectivity index (χ0) is 14.5. The summed E-state index contributed by atoms with van der Waals surface area (Å²) in [5, 5.41) is 0. The van der Waals surface area contributed by atoms with Gasteiger partial charge in [-0.3, -0.25) is 4.79 Å². The van der Waals surface area contributed by atoms with Gasteiger partial charge in [0, 0.05) is 12.6 Å². The molecule has 0 radical (unpaired) electrons. The first-order chi connectivity index (χ1) is 9.58. The molecule has 2 rings (SSSR count). The molecule has 2 N–H and O–H groups in total. The lowest BCUT2D eigenvalue weighted by molar-refractivity contribution is -0.134. The Bertz CT molecular complexity index is 438. The number of nitrogens with zero attached hydrogens (tertiary/aromatic N) is 1. The topological polar surface area (TPSA) is 46.3 Å². The van der Waals surface area contributed by atoms with Crippen molar-refractivity contribution in [3.05, 3.63) is 35.6 Å². The lowest BCUT2D eigenvalue weighted by Crippen LogP contribution is -2.47. The SMILES string of the molecule is C[C@@H](N)C(=O)N(CCc1ccc(F)cc1)C1CCCC1. The molecule has 3 nitrogen and oxygen atoms in total. The van der Waals surface area contributed by atoms with E-state index < -0.39 is 6.04 Å². The average molecular weight is 278 g/mol. The van der Waals surface area contributed by atoms with Gasteiger partial charge in [-0.05, 0) is 43.9 Å². The number of carbonyl (C=O) groups excluding carboxylic acids is 1. The minimum Gasteiger partial charge on any atom is -0.338 e. The Hall–Kier alpha value is -1.42. The van der Waals surface area contributed by atoms with Crippen LogP contribution in [0.4, 0.5) is 4.39 Å². The van der Waals surface area contributed by atoms with Crippen LogP contribution in [0.3, 0.4) is 0 Å². The number of carbonyl (C=O) groups is 1. The third-order valence-corrected chi connectivity index (χ3v) is 3.99. The molecule has 110 valence electrons. The van der Waals surface area contributed by atoms with Crippen molar-refractivity contribution in [1.82, 2.24) is 4.90 Å². The first kappa shape index (κ1) is 15.0. The van der Waals surface area contributed by atoms with E-state index in [0.29, 0.717) is 12.6 Å². The summed E-state index contributed by atoms with van der Waals surface area (Å²) in [6, 6.07) is 6.35. The molecule has 0 heterocycles. The van der Waals surface area contributed by atoms with Gasteiger partial charge in [-0.2, -0.15) is 0 Å². The van der Waals surface area contributed by atoms with E-state index in [2.05, 4.69) is 0 Å². The number of hydrogen-bond acceptors (Lipinski definition) is 2. The van der Waals surface area contributed by atoms with Gasteiger partial charge in [0.1, 0.15) is 5.82 Å². The zero-order valence-electron chi connectivity index (χ0n) is 12.0. The van der Waals surface area contributed by atoms with Crippen molar-refractivity contribution < 1.29 is 9.18 Å². The molecule has 1 amide bonds. The van der Waals surface area contributed by atoms with Gasteiger partial charge in [0.05, 0.1) is 6.04 Å². The van der Waals surface area contributed by atoms with E-state index >= 15 is 0 Å².